The van der Waals surface area contributed by atoms with Crippen LogP contribution in [0.5, 0.6) is 0 Å². The molecule has 2 atom stereocenters. The van der Waals surface area contributed by atoms with E-state index < -0.39 is 0 Å². The first-order chi connectivity index (χ1) is 9.64. The van der Waals surface area contributed by atoms with Crippen LogP contribution in [0.3, 0.4) is 0 Å². The van der Waals surface area contributed by atoms with Crippen LogP contribution in [0.15, 0.2) is 11.4 Å². The van der Waals surface area contributed by atoms with Gasteiger partial charge in [0.2, 0.25) is 0 Å². The Morgan fingerprint density at radius 2 is 2.35 bits per heavy atom. The van der Waals surface area contributed by atoms with Gasteiger partial charge in [-0.15, -0.1) is 11.3 Å². The second-order valence-corrected chi connectivity index (χ2v) is 8.07. The minimum Gasteiger partial charge on any atom is -0.329 e. The van der Waals surface area contributed by atoms with Crippen molar-refractivity contribution in [1.29, 1.82) is 0 Å². The molecule has 112 valence electrons. The fraction of sp³-hybridized carbons (Fsp3) is 0.765. The van der Waals surface area contributed by atoms with Crippen LogP contribution in [0.1, 0.15) is 50.0 Å². The molecule has 1 aromatic heterocycles. The smallest absolute Gasteiger partial charge is 0.0338 e. The molecule has 1 saturated carbocycles. The van der Waals surface area contributed by atoms with Crippen molar-refractivity contribution >= 4 is 11.3 Å². The largest absolute Gasteiger partial charge is 0.329 e. The molecule has 0 amide bonds. The van der Waals surface area contributed by atoms with Gasteiger partial charge in [0.15, 0.2) is 0 Å². The van der Waals surface area contributed by atoms with E-state index in [4.69, 9.17) is 5.73 Å². The summed E-state index contributed by atoms with van der Waals surface area (Å²) in [4.78, 5) is 4.32. The number of nitrogens with two attached hydrogens (primary N) is 1. The van der Waals surface area contributed by atoms with Crippen molar-refractivity contribution < 1.29 is 0 Å². The number of nitrogens with zero attached hydrogens (tertiary/aromatic N) is 1. The van der Waals surface area contributed by atoms with Crippen LogP contribution in [0.4, 0.5) is 0 Å². The zero-order chi connectivity index (χ0) is 14.2. The standard InChI is InChI=1S/C17H28N2S/c1-13(2)14-4-3-7-17(10-14,12-18)19-8-5-16-15(11-19)6-9-20-16/h6,9,13-14H,3-5,7-8,10-12,18H2,1-2H3. The minimum atomic E-state index is 0.271. The summed E-state index contributed by atoms with van der Waals surface area (Å²) in [6.45, 7) is 7.92. The number of fused-ring (bicyclic) bond motifs is 1. The molecule has 2 unspecified atom stereocenters. The summed E-state index contributed by atoms with van der Waals surface area (Å²) in [5.74, 6) is 1.65. The van der Waals surface area contributed by atoms with Crippen molar-refractivity contribution in [3.63, 3.8) is 0 Å². The molecule has 20 heavy (non-hydrogen) atoms. The van der Waals surface area contributed by atoms with Crippen LogP contribution in [-0.2, 0) is 13.0 Å². The van der Waals surface area contributed by atoms with Gasteiger partial charge in [0.1, 0.15) is 0 Å². The van der Waals surface area contributed by atoms with Gasteiger partial charge in [-0.1, -0.05) is 26.7 Å². The fourth-order valence-corrected chi connectivity index (χ4v) is 5.10. The summed E-state index contributed by atoms with van der Waals surface area (Å²) in [6, 6.07) is 2.32. The Hall–Kier alpha value is -0.380. The molecular weight excluding hydrogens is 264 g/mol. The van der Waals surface area contributed by atoms with Crippen LogP contribution >= 0.6 is 11.3 Å². The molecular formula is C17H28N2S. The van der Waals surface area contributed by atoms with E-state index in [0.717, 1.165) is 24.9 Å². The van der Waals surface area contributed by atoms with E-state index in [1.54, 1.807) is 10.4 Å². The number of hydrogen-bond acceptors (Lipinski definition) is 3. The normalized spacial score (nSPS) is 31.5. The predicted octanol–water partition coefficient (Wildman–Crippen LogP) is 3.65. The first-order valence-corrected chi connectivity index (χ1v) is 9.03. The summed E-state index contributed by atoms with van der Waals surface area (Å²) < 4.78 is 0. The third-order valence-corrected chi connectivity index (χ3v) is 6.68. The van der Waals surface area contributed by atoms with Crippen LogP contribution < -0.4 is 5.73 Å². The van der Waals surface area contributed by atoms with E-state index in [-0.39, 0.29) is 5.54 Å². The third kappa shape index (κ3) is 2.56. The highest BCUT2D eigenvalue weighted by Crippen LogP contribution is 2.41. The molecule has 2 aliphatic rings. The lowest BCUT2D eigenvalue weighted by atomic mass is 9.70. The Balaban J connectivity index is 1.79. The summed E-state index contributed by atoms with van der Waals surface area (Å²) in [6.07, 6.45) is 6.58. The number of rotatable bonds is 3. The van der Waals surface area contributed by atoms with Crippen molar-refractivity contribution in [2.75, 3.05) is 13.1 Å². The van der Waals surface area contributed by atoms with Gasteiger partial charge in [-0.25, -0.2) is 0 Å². The predicted molar refractivity (Wildman–Crippen MR) is 87.0 cm³/mol. The van der Waals surface area contributed by atoms with E-state index in [9.17, 15) is 0 Å². The topological polar surface area (TPSA) is 29.3 Å². The molecule has 1 aliphatic carbocycles. The molecule has 1 aromatic rings. The summed E-state index contributed by atoms with van der Waals surface area (Å²) in [5, 5.41) is 2.25. The van der Waals surface area contributed by atoms with Gasteiger partial charge < -0.3 is 5.73 Å². The van der Waals surface area contributed by atoms with E-state index in [0.29, 0.717) is 0 Å². The highest BCUT2D eigenvalue weighted by atomic mass is 32.1. The quantitative estimate of drug-likeness (QED) is 0.921. The first-order valence-electron chi connectivity index (χ1n) is 8.15. The summed E-state index contributed by atoms with van der Waals surface area (Å²) in [5.41, 5.74) is 8.11. The van der Waals surface area contributed by atoms with Crippen LogP contribution in [-0.4, -0.2) is 23.5 Å². The molecule has 1 fully saturated rings. The molecule has 2 nitrogen and oxygen atoms in total. The van der Waals surface area contributed by atoms with Crippen LogP contribution in [0.25, 0.3) is 0 Å². The third-order valence-electron chi connectivity index (χ3n) is 5.66. The van der Waals surface area contributed by atoms with Gasteiger partial charge in [-0.05, 0) is 48.1 Å². The average Bonchev–Trinajstić information content (AvgIpc) is 2.94. The molecule has 0 bridgehead atoms. The molecule has 3 rings (SSSR count). The maximum atomic E-state index is 6.29. The Bertz CT molecular complexity index is 454. The van der Waals surface area contributed by atoms with Crippen molar-refractivity contribution in [1.82, 2.24) is 4.90 Å². The van der Waals surface area contributed by atoms with Crippen LogP contribution in [0.2, 0.25) is 0 Å². The van der Waals surface area contributed by atoms with E-state index in [1.165, 1.54) is 38.6 Å². The Kier molecular flexibility index (Phi) is 4.21. The second kappa shape index (κ2) is 5.78. The summed E-state index contributed by atoms with van der Waals surface area (Å²) >= 11 is 1.93. The number of hydrogen-bond donors (Lipinski definition) is 1. The van der Waals surface area contributed by atoms with Gasteiger partial charge >= 0.3 is 0 Å². The molecule has 2 heterocycles. The Morgan fingerprint density at radius 1 is 1.50 bits per heavy atom. The zero-order valence-corrected chi connectivity index (χ0v) is 13.7. The highest BCUT2D eigenvalue weighted by Gasteiger charge is 2.41. The lowest BCUT2D eigenvalue weighted by Crippen LogP contribution is -2.57. The summed E-state index contributed by atoms with van der Waals surface area (Å²) in [7, 11) is 0. The molecule has 0 radical (unpaired) electrons. The number of thiophene rings is 1. The molecule has 0 saturated heterocycles. The van der Waals surface area contributed by atoms with E-state index in [2.05, 4.69) is 30.2 Å². The average molecular weight is 292 g/mol. The van der Waals surface area contributed by atoms with Gasteiger partial charge in [0.25, 0.3) is 0 Å². The van der Waals surface area contributed by atoms with E-state index >= 15 is 0 Å². The maximum absolute atomic E-state index is 6.29. The van der Waals surface area contributed by atoms with Crippen molar-refractivity contribution in [2.45, 2.75) is 58.0 Å². The Morgan fingerprint density at radius 3 is 3.10 bits per heavy atom. The minimum absolute atomic E-state index is 0.271. The van der Waals surface area contributed by atoms with Crippen molar-refractivity contribution in [2.24, 2.45) is 17.6 Å². The second-order valence-electron chi connectivity index (χ2n) is 7.07. The molecule has 2 N–H and O–H groups in total. The molecule has 3 heteroatoms. The van der Waals surface area contributed by atoms with Gasteiger partial charge in [0.05, 0.1) is 0 Å². The van der Waals surface area contributed by atoms with Gasteiger partial charge in [-0.3, -0.25) is 4.90 Å². The highest BCUT2D eigenvalue weighted by molar-refractivity contribution is 7.10. The SMILES string of the molecule is CC(C)C1CCCC(CN)(N2CCc3sccc3C2)C1. The van der Waals surface area contributed by atoms with Crippen LogP contribution in [0, 0.1) is 11.8 Å². The lowest BCUT2D eigenvalue weighted by Gasteiger charge is -2.50. The molecule has 0 spiro atoms. The Labute approximate surface area is 127 Å². The monoisotopic (exact) mass is 292 g/mol. The maximum Gasteiger partial charge on any atom is 0.0338 e. The first kappa shape index (κ1) is 14.6. The van der Waals surface area contributed by atoms with E-state index in [1.807, 2.05) is 11.3 Å². The van der Waals surface area contributed by atoms with Gasteiger partial charge in [0, 0.05) is 30.1 Å². The molecule has 1 aliphatic heterocycles. The van der Waals surface area contributed by atoms with Crippen molar-refractivity contribution in [3.05, 3.63) is 21.9 Å². The fourth-order valence-electron chi connectivity index (χ4n) is 4.21. The zero-order valence-electron chi connectivity index (χ0n) is 12.9. The van der Waals surface area contributed by atoms with Crippen molar-refractivity contribution in [3.8, 4) is 0 Å². The molecule has 0 aromatic carbocycles. The lowest BCUT2D eigenvalue weighted by molar-refractivity contribution is 0.0159. The van der Waals surface area contributed by atoms with Gasteiger partial charge in [-0.2, -0.15) is 0 Å².